The van der Waals surface area contributed by atoms with Crippen molar-refractivity contribution in [1.82, 2.24) is 9.97 Å². The maximum absolute atomic E-state index is 11.4. The van der Waals surface area contributed by atoms with E-state index in [0.29, 0.717) is 17.3 Å². The minimum atomic E-state index is -0.672. The molecule has 0 radical (unpaired) electrons. The van der Waals surface area contributed by atoms with Crippen molar-refractivity contribution in [3.8, 4) is 0 Å². The summed E-state index contributed by atoms with van der Waals surface area (Å²) in [4.78, 5) is 11.1. The number of nitrogen functional groups attached to an aromatic ring is 1. The molecule has 100 valence electrons. The number of aryl methyl sites for hydroxylation is 1. The first-order chi connectivity index (χ1) is 8.61. The van der Waals surface area contributed by atoms with E-state index in [1.165, 1.54) is 0 Å². The van der Waals surface area contributed by atoms with Crippen LogP contribution in [0.2, 0.25) is 0 Å². The number of nitrogens with two attached hydrogens (primary N) is 1. The molecule has 0 aromatic carbocycles. The fraction of sp³-hybridized carbons (Fsp3) is 0.667. The molecule has 0 unspecified atom stereocenters. The zero-order chi connectivity index (χ0) is 13.1. The molecule has 1 saturated heterocycles. The monoisotopic (exact) mass is 268 g/mol. The molecule has 1 fully saturated rings. The summed E-state index contributed by atoms with van der Waals surface area (Å²) in [6.07, 6.45) is 1.85. The largest absolute Gasteiger partial charge is 0.383 e. The lowest BCUT2D eigenvalue weighted by molar-refractivity contribution is 0.671. The second-order valence-corrected chi connectivity index (χ2v) is 6.25. The first kappa shape index (κ1) is 13.3. The van der Waals surface area contributed by atoms with Gasteiger partial charge in [0.05, 0.1) is 0 Å². The quantitative estimate of drug-likeness (QED) is 0.881. The smallest absolute Gasteiger partial charge is 0.137 e. The molecule has 2 rings (SSSR count). The summed E-state index contributed by atoms with van der Waals surface area (Å²) in [6.45, 7) is 5.63. The van der Waals surface area contributed by atoms with Crippen molar-refractivity contribution in [3.05, 3.63) is 11.4 Å². The molecule has 2 heterocycles. The number of hydrogen-bond donors (Lipinski definition) is 1. The molecule has 1 aliphatic rings. The standard InChI is InChI=1S/C12H20N4OS/c1-3-4-10-14-11(13)9(2)12(15-10)16-5-7-18(17)8-6-16/h3-8H2,1-2H3,(H2,13,14,15). The van der Waals surface area contributed by atoms with Crippen LogP contribution in [0.4, 0.5) is 11.6 Å². The van der Waals surface area contributed by atoms with Crippen LogP contribution in [-0.4, -0.2) is 38.8 Å². The molecular weight excluding hydrogens is 248 g/mol. The Morgan fingerprint density at radius 3 is 2.61 bits per heavy atom. The Bertz CT molecular complexity index is 454. The normalized spacial score (nSPS) is 17.1. The Kier molecular flexibility index (Phi) is 4.16. The van der Waals surface area contributed by atoms with Gasteiger partial charge in [-0.1, -0.05) is 6.92 Å². The van der Waals surface area contributed by atoms with Gasteiger partial charge in [0.1, 0.15) is 17.5 Å². The van der Waals surface area contributed by atoms with Gasteiger partial charge in [-0.2, -0.15) is 0 Å². The Morgan fingerprint density at radius 1 is 1.33 bits per heavy atom. The fourth-order valence-electron chi connectivity index (χ4n) is 2.06. The maximum Gasteiger partial charge on any atom is 0.137 e. The summed E-state index contributed by atoms with van der Waals surface area (Å²) < 4.78 is 11.4. The molecule has 0 bridgehead atoms. The van der Waals surface area contributed by atoms with Gasteiger partial charge in [-0.3, -0.25) is 4.21 Å². The van der Waals surface area contributed by atoms with Gasteiger partial charge in [-0.15, -0.1) is 0 Å². The number of aromatic nitrogens is 2. The van der Waals surface area contributed by atoms with Gasteiger partial charge in [0.25, 0.3) is 0 Å². The lowest BCUT2D eigenvalue weighted by atomic mass is 10.2. The van der Waals surface area contributed by atoms with E-state index >= 15 is 0 Å². The van der Waals surface area contributed by atoms with Gasteiger partial charge in [0.2, 0.25) is 0 Å². The van der Waals surface area contributed by atoms with Gasteiger partial charge in [0, 0.05) is 47.4 Å². The molecule has 5 nitrogen and oxygen atoms in total. The molecule has 0 atom stereocenters. The maximum atomic E-state index is 11.4. The topological polar surface area (TPSA) is 72.1 Å². The van der Waals surface area contributed by atoms with Crippen LogP contribution in [0.15, 0.2) is 0 Å². The second-order valence-electron chi connectivity index (χ2n) is 4.56. The number of anilines is 2. The highest BCUT2D eigenvalue weighted by Crippen LogP contribution is 2.23. The first-order valence-corrected chi connectivity index (χ1v) is 7.83. The average Bonchev–Trinajstić information content (AvgIpc) is 2.35. The number of rotatable bonds is 3. The van der Waals surface area contributed by atoms with E-state index in [1.807, 2.05) is 6.92 Å². The van der Waals surface area contributed by atoms with Crippen molar-refractivity contribution in [2.24, 2.45) is 0 Å². The van der Waals surface area contributed by atoms with E-state index in [2.05, 4.69) is 21.8 Å². The Labute approximate surface area is 110 Å². The summed E-state index contributed by atoms with van der Waals surface area (Å²) in [5, 5.41) is 0. The van der Waals surface area contributed by atoms with E-state index < -0.39 is 10.8 Å². The fourth-order valence-corrected chi connectivity index (χ4v) is 3.11. The summed E-state index contributed by atoms with van der Waals surface area (Å²) in [6, 6.07) is 0. The van der Waals surface area contributed by atoms with Crippen molar-refractivity contribution in [1.29, 1.82) is 0 Å². The van der Waals surface area contributed by atoms with Crippen molar-refractivity contribution >= 4 is 22.4 Å². The van der Waals surface area contributed by atoms with E-state index in [0.717, 1.165) is 43.1 Å². The van der Waals surface area contributed by atoms with Gasteiger partial charge in [0.15, 0.2) is 0 Å². The van der Waals surface area contributed by atoms with Crippen LogP contribution in [0.25, 0.3) is 0 Å². The third-order valence-electron chi connectivity index (χ3n) is 3.15. The molecule has 18 heavy (non-hydrogen) atoms. The summed E-state index contributed by atoms with van der Waals surface area (Å²) in [5.74, 6) is 3.72. The average molecular weight is 268 g/mol. The van der Waals surface area contributed by atoms with E-state index in [4.69, 9.17) is 5.73 Å². The van der Waals surface area contributed by atoms with Crippen LogP contribution < -0.4 is 10.6 Å². The lowest BCUT2D eigenvalue weighted by Crippen LogP contribution is -2.39. The van der Waals surface area contributed by atoms with Crippen LogP contribution in [0.3, 0.4) is 0 Å². The van der Waals surface area contributed by atoms with Crippen LogP contribution in [-0.2, 0) is 17.2 Å². The van der Waals surface area contributed by atoms with Gasteiger partial charge in [-0.05, 0) is 13.3 Å². The van der Waals surface area contributed by atoms with Gasteiger partial charge >= 0.3 is 0 Å². The molecular formula is C12H20N4OS. The highest BCUT2D eigenvalue weighted by molar-refractivity contribution is 7.85. The lowest BCUT2D eigenvalue weighted by Gasteiger charge is -2.29. The zero-order valence-electron chi connectivity index (χ0n) is 11.0. The van der Waals surface area contributed by atoms with Gasteiger partial charge in [-0.25, -0.2) is 9.97 Å². The first-order valence-electron chi connectivity index (χ1n) is 6.34. The molecule has 0 spiro atoms. The third-order valence-corrected chi connectivity index (χ3v) is 4.43. The molecule has 0 saturated carbocycles. The molecule has 0 aliphatic carbocycles. The molecule has 0 amide bonds. The predicted molar refractivity (Wildman–Crippen MR) is 75.3 cm³/mol. The minimum Gasteiger partial charge on any atom is -0.383 e. The van der Waals surface area contributed by atoms with Crippen molar-refractivity contribution in [2.45, 2.75) is 26.7 Å². The van der Waals surface area contributed by atoms with Crippen LogP contribution in [0.1, 0.15) is 24.7 Å². The Morgan fingerprint density at radius 2 is 2.00 bits per heavy atom. The van der Waals surface area contributed by atoms with E-state index in [-0.39, 0.29) is 0 Å². The summed E-state index contributed by atoms with van der Waals surface area (Å²) in [5.41, 5.74) is 6.88. The van der Waals surface area contributed by atoms with Crippen molar-refractivity contribution in [2.75, 3.05) is 35.2 Å². The van der Waals surface area contributed by atoms with Crippen LogP contribution in [0, 0.1) is 6.92 Å². The minimum absolute atomic E-state index is 0.565. The zero-order valence-corrected chi connectivity index (χ0v) is 11.8. The highest BCUT2D eigenvalue weighted by atomic mass is 32.2. The van der Waals surface area contributed by atoms with Crippen LogP contribution >= 0.6 is 0 Å². The van der Waals surface area contributed by atoms with Crippen molar-refractivity contribution < 1.29 is 4.21 Å². The molecule has 1 aromatic rings. The van der Waals surface area contributed by atoms with Crippen molar-refractivity contribution in [3.63, 3.8) is 0 Å². The predicted octanol–water partition coefficient (Wildman–Crippen LogP) is 0.888. The van der Waals surface area contributed by atoms with Gasteiger partial charge < -0.3 is 10.6 Å². The molecule has 2 N–H and O–H groups in total. The summed E-state index contributed by atoms with van der Waals surface area (Å²) in [7, 11) is -0.672. The highest BCUT2D eigenvalue weighted by Gasteiger charge is 2.20. The molecule has 1 aromatic heterocycles. The SMILES string of the molecule is CCCc1nc(N)c(C)c(N2CCS(=O)CC2)n1. The Balaban J connectivity index is 2.28. The number of nitrogens with zero attached hydrogens (tertiary/aromatic N) is 3. The van der Waals surface area contributed by atoms with Crippen LogP contribution in [0.5, 0.6) is 0 Å². The second kappa shape index (κ2) is 5.65. The Hall–Kier alpha value is -1.17. The molecule has 6 heteroatoms. The third kappa shape index (κ3) is 2.80. The summed E-state index contributed by atoms with van der Waals surface area (Å²) >= 11 is 0. The van der Waals surface area contributed by atoms with E-state index in [9.17, 15) is 4.21 Å². The van der Waals surface area contributed by atoms with E-state index in [1.54, 1.807) is 0 Å². The molecule has 1 aliphatic heterocycles. The number of hydrogen-bond acceptors (Lipinski definition) is 5.